The number of benzene rings is 2. The zero-order valence-corrected chi connectivity index (χ0v) is 71.7. The van der Waals surface area contributed by atoms with E-state index in [1.165, 1.54) is 11.1 Å². The lowest BCUT2D eigenvalue weighted by molar-refractivity contribution is -0.333. The second kappa shape index (κ2) is 35.1. The Bertz CT molecular complexity index is 3710. The minimum Gasteiger partial charge on any atom is -0.450 e. The van der Waals surface area contributed by atoms with Crippen LogP contribution in [0.3, 0.4) is 0 Å². The smallest absolute Gasteiger partial charge is 0.450 e. The highest BCUT2D eigenvalue weighted by Crippen LogP contribution is 2.72. The fourth-order valence-corrected chi connectivity index (χ4v) is 24.5. The number of aliphatic hydroxyl groups is 8. The van der Waals surface area contributed by atoms with E-state index in [0.717, 1.165) is 49.7 Å². The molecule has 12 aliphatic rings. The van der Waals surface area contributed by atoms with E-state index in [0.29, 0.717) is 77.0 Å². The van der Waals surface area contributed by atoms with Gasteiger partial charge in [0.2, 0.25) is 0 Å². The molecule has 4 aliphatic heterocycles. The maximum Gasteiger partial charge on any atom is 0.508 e. The van der Waals surface area contributed by atoms with Crippen molar-refractivity contribution in [3.05, 3.63) is 94.1 Å². The van der Waals surface area contributed by atoms with Crippen LogP contribution < -0.4 is 0 Å². The number of rotatable bonds is 24. The van der Waals surface area contributed by atoms with Crippen molar-refractivity contribution in [3.8, 4) is 0 Å². The first-order valence-corrected chi connectivity index (χ1v) is 44.3. The van der Waals surface area contributed by atoms with E-state index in [1.54, 1.807) is 62.4 Å². The van der Waals surface area contributed by atoms with Gasteiger partial charge in [0, 0.05) is 60.2 Å². The van der Waals surface area contributed by atoms with E-state index in [4.69, 9.17) is 56.8 Å². The fraction of sp³-hybridized carbons (Fsp3) is 0.774. The van der Waals surface area contributed by atoms with Gasteiger partial charge in [-0.05, 0) is 186 Å². The van der Waals surface area contributed by atoms with Crippen LogP contribution in [-0.4, -0.2) is 219 Å². The second-order valence-corrected chi connectivity index (χ2v) is 39.7. The van der Waals surface area contributed by atoms with Crippen molar-refractivity contribution < 1.29 is 122 Å². The van der Waals surface area contributed by atoms with Crippen LogP contribution in [0.5, 0.6) is 0 Å². The summed E-state index contributed by atoms with van der Waals surface area (Å²) >= 11 is 0. The van der Waals surface area contributed by atoms with E-state index in [9.17, 15) is 64.8 Å². The van der Waals surface area contributed by atoms with Crippen LogP contribution in [0.15, 0.2) is 71.8 Å². The summed E-state index contributed by atoms with van der Waals surface area (Å²) < 4.78 is 76.0. The number of fused-ring (bicyclic) bond motifs is 10. The minimum absolute atomic E-state index is 0.0374. The van der Waals surface area contributed by atoms with E-state index < -0.39 is 174 Å². The Balaban J connectivity index is 0.625. The van der Waals surface area contributed by atoms with Gasteiger partial charge in [-0.15, -0.1) is 0 Å². The number of ether oxygens (including phenoxy) is 12. The van der Waals surface area contributed by atoms with Crippen molar-refractivity contribution in [2.45, 2.75) is 334 Å². The Morgan fingerprint density at radius 3 is 1.17 bits per heavy atom. The summed E-state index contributed by atoms with van der Waals surface area (Å²) in [5, 5.41) is 94.8. The highest BCUT2D eigenvalue weighted by Gasteiger charge is 2.73. The van der Waals surface area contributed by atoms with E-state index in [2.05, 4.69) is 67.5 Å². The average molecular weight is 1650 g/mol. The summed E-state index contributed by atoms with van der Waals surface area (Å²) in [6, 6.07) is 13.4. The van der Waals surface area contributed by atoms with Crippen LogP contribution in [0, 0.1) is 107 Å². The molecule has 8 aliphatic carbocycles. The Labute approximate surface area is 695 Å². The summed E-state index contributed by atoms with van der Waals surface area (Å²) in [5.41, 5.74) is -0.468. The molecule has 0 aromatic heterocycles. The lowest BCUT2D eigenvalue weighted by Crippen LogP contribution is -2.62. The third-order valence-corrected chi connectivity index (χ3v) is 32.0. The first-order chi connectivity index (χ1) is 55.8. The van der Waals surface area contributed by atoms with Crippen LogP contribution in [0.2, 0.25) is 0 Å². The number of hydrogen-bond acceptors (Lipinski definition) is 25. The normalized spacial score (nSPS) is 43.9. The highest BCUT2D eigenvalue weighted by atomic mass is 16.8. The van der Waals surface area contributed by atoms with Crippen LogP contribution in [0.4, 0.5) is 4.79 Å². The number of allylic oxidation sites excluding steroid dienone is 2. The summed E-state index contributed by atoms with van der Waals surface area (Å²) in [6.07, 6.45) is -5.79. The summed E-state index contributed by atoms with van der Waals surface area (Å²) in [6.45, 7) is 27.2. The van der Waals surface area contributed by atoms with Crippen LogP contribution in [-0.2, 0) is 66.4 Å². The lowest BCUT2D eigenvalue weighted by atomic mass is 9.46. The van der Waals surface area contributed by atoms with E-state index in [-0.39, 0.29) is 107 Å². The van der Waals surface area contributed by atoms with Crippen molar-refractivity contribution in [2.24, 2.45) is 92.7 Å². The number of ketones is 2. The highest BCUT2D eigenvalue weighted by molar-refractivity contribution is 5.90. The molecule has 0 spiro atoms. The number of esters is 2. The van der Waals surface area contributed by atoms with Crippen molar-refractivity contribution >= 4 is 29.7 Å². The molecule has 14 rings (SSSR count). The summed E-state index contributed by atoms with van der Waals surface area (Å²) in [5.74, 6) is -3.64. The molecule has 25 nitrogen and oxygen atoms in total. The molecule has 656 valence electrons. The van der Waals surface area contributed by atoms with Gasteiger partial charge in [0.15, 0.2) is 37.4 Å². The molecule has 0 amide bonds. The number of Topliss-reactive ketones (excluding diaryl/α,β-unsaturated/α-hetero) is 2. The molecule has 10 fully saturated rings. The standard InChI is InChI=1S/C93H134O25/c1-47(2)15-29-67(94)53(9)92(105)73(113-83-51(7)77(71(98)45-107-83)117-85-79(75(100)69(96)43-109-85)115-81(102)55-21-17-49(5)18-22-55)41-65-61-27-25-57-39-59(31-35-88(57,11)63(61)33-37-90(65,92)13)111-87(104)112-60-32-36-89(12)58(40-60)26-28-62-64(89)34-38-91(14)66(62)42-74(93(91,106)54(10)68(95)30-16-48(3)4)114-84-52(8)78(72(99)46-108-84)118-86-80(76(101)70(97)44-110-86)116-82(103)56-23-19-50(6)20-24-56/h17-26,47-48,51-54,59-66,69-80,83-86,96-101,105-106H,15-16,27-46H2,1-14H3/t51?,52?,53-,54-,59-,60+,61-,62-,63?,64?,65+,66+,69?,70?,71?,72?,73+,74+,75?,76?,77?,78?,79?,80?,83?,84?,85?,86?,88+,89+,90+,91+,92-,93-/m1/s1. The van der Waals surface area contributed by atoms with Gasteiger partial charge >= 0.3 is 18.1 Å². The number of hydrogen-bond donors (Lipinski definition) is 8. The van der Waals surface area contributed by atoms with Gasteiger partial charge in [0.1, 0.15) is 71.6 Å². The Morgan fingerprint density at radius 1 is 0.449 bits per heavy atom. The van der Waals surface area contributed by atoms with Crippen molar-refractivity contribution in [2.75, 3.05) is 26.4 Å². The maximum atomic E-state index is 14.6. The molecule has 18 unspecified atom stereocenters. The molecule has 34 atom stereocenters. The third kappa shape index (κ3) is 16.5. The average Bonchev–Trinajstić information content (AvgIpc) is 1.42. The van der Waals surface area contributed by atoms with E-state index in [1.807, 2.05) is 27.7 Å². The molecule has 4 heterocycles. The van der Waals surface area contributed by atoms with Gasteiger partial charge in [-0.25, -0.2) is 14.4 Å². The van der Waals surface area contributed by atoms with Crippen molar-refractivity contribution in [1.82, 2.24) is 0 Å². The Hall–Kier alpha value is -5.17. The van der Waals surface area contributed by atoms with Gasteiger partial charge in [-0.2, -0.15) is 0 Å². The van der Waals surface area contributed by atoms with Crippen LogP contribution >= 0.6 is 0 Å². The molecule has 2 aromatic carbocycles. The molecular formula is C93H134O25. The Kier molecular flexibility index (Phi) is 26.5. The third-order valence-electron chi connectivity index (χ3n) is 32.0. The monoisotopic (exact) mass is 1650 g/mol. The zero-order chi connectivity index (χ0) is 84.8. The number of aryl methyl sites for hydroxylation is 2. The fourth-order valence-electron chi connectivity index (χ4n) is 24.5. The van der Waals surface area contributed by atoms with Gasteiger partial charge in [-0.1, -0.05) is 142 Å². The first-order valence-electron chi connectivity index (χ1n) is 44.3. The van der Waals surface area contributed by atoms with Gasteiger partial charge < -0.3 is 97.7 Å². The van der Waals surface area contributed by atoms with E-state index >= 15 is 0 Å². The molecule has 4 saturated heterocycles. The summed E-state index contributed by atoms with van der Waals surface area (Å²) in [4.78, 5) is 70.3. The van der Waals surface area contributed by atoms with Gasteiger partial charge in [0.25, 0.3) is 0 Å². The predicted molar refractivity (Wildman–Crippen MR) is 429 cm³/mol. The number of carbonyl (C=O) groups is 5. The Morgan fingerprint density at radius 2 is 0.805 bits per heavy atom. The summed E-state index contributed by atoms with van der Waals surface area (Å²) in [7, 11) is 0. The van der Waals surface area contributed by atoms with Crippen molar-refractivity contribution in [1.29, 1.82) is 0 Å². The van der Waals surface area contributed by atoms with Crippen molar-refractivity contribution in [3.63, 3.8) is 0 Å². The quantitative estimate of drug-likeness (QED) is 0.0275. The topological polar surface area (TPSA) is 358 Å². The predicted octanol–water partition coefficient (Wildman–Crippen LogP) is 11.2. The molecule has 6 saturated carbocycles. The van der Waals surface area contributed by atoms with Crippen LogP contribution in [0.25, 0.3) is 0 Å². The maximum absolute atomic E-state index is 14.6. The SMILES string of the molecule is Cc1ccc(C(=O)OC2C(OC3C(O)COC(O[C@H]4C[C@H]5[C@@H]6CC=C7C[C@H](OC(=O)O[C@H]8CC[C@@]9(C)C(=CC[C@@H]%10C9CC[C@@]9(C)[C@H]%10C[C@H](OC%10OCC(O)C(OC%11OCC(O)C(O)C%11OC(=O)c%11ccc(C)cc%11)C%10C)[C@]9(O)[C@H](C)C(=O)CCC(C)C)C8)CC[C@]7(C)C6CC[C@]5(C)[C@@]4(O)[C@H](C)C(=O)CCC(C)C)C3C)OCC(O)C2O)cc1. The van der Waals surface area contributed by atoms with Gasteiger partial charge in [-0.3, -0.25) is 9.59 Å². The zero-order valence-electron chi connectivity index (χ0n) is 71.7. The first kappa shape index (κ1) is 89.1. The molecule has 118 heavy (non-hydrogen) atoms. The molecule has 0 radical (unpaired) electrons. The largest absolute Gasteiger partial charge is 0.508 e. The molecule has 2 aromatic rings. The lowest BCUT2D eigenvalue weighted by Gasteiger charge is -2.59. The molecule has 0 bridgehead atoms. The number of aliphatic hydroxyl groups excluding tert-OH is 6. The van der Waals surface area contributed by atoms with Crippen LogP contribution in [0.1, 0.15) is 231 Å². The molecule has 25 heteroatoms. The second-order valence-electron chi connectivity index (χ2n) is 39.7. The van der Waals surface area contributed by atoms with Gasteiger partial charge in [0.05, 0.1) is 62.0 Å². The molecule has 8 N–H and O–H groups in total. The molecular weight excluding hydrogens is 1520 g/mol. The minimum atomic E-state index is -1.64. The number of carbonyl (C=O) groups excluding carboxylic acids is 5.